The van der Waals surface area contributed by atoms with Crippen LogP contribution in [0.1, 0.15) is 20.8 Å². The van der Waals surface area contributed by atoms with Gasteiger partial charge in [0.25, 0.3) is 0 Å². The summed E-state index contributed by atoms with van der Waals surface area (Å²) in [5.74, 6) is 1.37. The standard InChI is InChI=1S/C22H27N5/c1-22(2,3)26-20-15-19(16-9-7-6-8-10-16)24-21(25-20)23-17-11-13-18(14-12-17)27(4)5/h6-15H,1-5H3,(H2,23,24,25,26). The second-order valence-electron chi connectivity index (χ2n) is 7.77. The Morgan fingerprint density at radius 1 is 0.852 bits per heavy atom. The Hall–Kier alpha value is -3.08. The molecule has 5 heteroatoms. The van der Waals surface area contributed by atoms with Crippen LogP contribution in [0.15, 0.2) is 60.7 Å². The fourth-order valence-corrected chi connectivity index (χ4v) is 2.68. The lowest BCUT2D eigenvalue weighted by atomic mass is 10.1. The summed E-state index contributed by atoms with van der Waals surface area (Å²) in [5.41, 5.74) is 3.95. The third kappa shape index (κ3) is 5.20. The van der Waals surface area contributed by atoms with Gasteiger partial charge in [0.05, 0.1) is 5.69 Å². The largest absolute Gasteiger partial charge is 0.378 e. The zero-order valence-corrected chi connectivity index (χ0v) is 16.6. The van der Waals surface area contributed by atoms with E-state index in [0.29, 0.717) is 5.95 Å². The lowest BCUT2D eigenvalue weighted by Gasteiger charge is -2.22. The van der Waals surface area contributed by atoms with Crippen LogP contribution in [0.2, 0.25) is 0 Å². The number of nitrogens with zero attached hydrogens (tertiary/aromatic N) is 3. The topological polar surface area (TPSA) is 53.1 Å². The molecule has 0 aliphatic carbocycles. The van der Waals surface area contributed by atoms with Crippen LogP contribution in [0.5, 0.6) is 0 Å². The Bertz CT molecular complexity index is 881. The normalized spacial score (nSPS) is 11.1. The van der Waals surface area contributed by atoms with E-state index in [0.717, 1.165) is 28.5 Å². The van der Waals surface area contributed by atoms with E-state index in [1.54, 1.807) is 0 Å². The van der Waals surface area contributed by atoms with Crippen molar-refractivity contribution in [1.82, 2.24) is 9.97 Å². The van der Waals surface area contributed by atoms with Gasteiger partial charge in [0.2, 0.25) is 5.95 Å². The fraction of sp³-hybridized carbons (Fsp3) is 0.273. The van der Waals surface area contributed by atoms with Crippen molar-refractivity contribution in [3.05, 3.63) is 60.7 Å². The predicted molar refractivity (Wildman–Crippen MR) is 115 cm³/mol. The van der Waals surface area contributed by atoms with Crippen LogP contribution >= 0.6 is 0 Å². The summed E-state index contributed by atoms with van der Waals surface area (Å²) in [6, 6.07) is 20.3. The Balaban J connectivity index is 1.94. The predicted octanol–water partition coefficient (Wildman–Crippen LogP) is 5.16. The van der Waals surface area contributed by atoms with Crippen LogP contribution in [0.3, 0.4) is 0 Å². The van der Waals surface area contributed by atoms with Crippen molar-refractivity contribution < 1.29 is 0 Å². The van der Waals surface area contributed by atoms with Crippen molar-refractivity contribution in [2.45, 2.75) is 26.3 Å². The van der Waals surface area contributed by atoms with Crippen molar-refractivity contribution >= 4 is 23.1 Å². The van der Waals surface area contributed by atoms with Crippen LogP contribution in [-0.2, 0) is 0 Å². The highest BCUT2D eigenvalue weighted by Gasteiger charge is 2.13. The molecule has 140 valence electrons. The van der Waals surface area contributed by atoms with Gasteiger partial charge in [-0.25, -0.2) is 4.98 Å². The summed E-state index contributed by atoms with van der Waals surface area (Å²) in [4.78, 5) is 11.4. The minimum Gasteiger partial charge on any atom is -0.378 e. The molecule has 5 nitrogen and oxygen atoms in total. The molecular formula is C22H27N5. The Kier molecular flexibility index (Phi) is 5.31. The minimum atomic E-state index is -0.0903. The van der Waals surface area contributed by atoms with Crippen molar-refractivity contribution in [2.24, 2.45) is 0 Å². The van der Waals surface area contributed by atoms with Crippen LogP contribution in [0.25, 0.3) is 11.3 Å². The van der Waals surface area contributed by atoms with Gasteiger partial charge in [-0.15, -0.1) is 0 Å². The molecule has 2 aromatic carbocycles. The summed E-state index contributed by atoms with van der Waals surface area (Å²) >= 11 is 0. The number of aromatic nitrogens is 2. The second kappa shape index (κ2) is 7.66. The molecule has 0 spiro atoms. The number of hydrogen-bond acceptors (Lipinski definition) is 5. The average Bonchev–Trinajstić information content (AvgIpc) is 2.61. The second-order valence-corrected chi connectivity index (χ2v) is 7.77. The molecule has 27 heavy (non-hydrogen) atoms. The molecule has 0 saturated carbocycles. The number of rotatable bonds is 5. The summed E-state index contributed by atoms with van der Waals surface area (Å²) in [5, 5.41) is 6.77. The maximum atomic E-state index is 4.71. The first-order valence-corrected chi connectivity index (χ1v) is 9.07. The van der Waals surface area contributed by atoms with Crippen LogP contribution in [-0.4, -0.2) is 29.6 Å². The van der Waals surface area contributed by atoms with E-state index in [1.807, 2.05) is 50.5 Å². The third-order valence-electron chi connectivity index (χ3n) is 3.94. The summed E-state index contributed by atoms with van der Waals surface area (Å²) in [6.07, 6.45) is 0. The van der Waals surface area contributed by atoms with Crippen molar-refractivity contribution in [3.8, 4) is 11.3 Å². The van der Waals surface area contributed by atoms with E-state index in [2.05, 4.69) is 65.6 Å². The maximum absolute atomic E-state index is 4.71. The van der Waals surface area contributed by atoms with E-state index in [-0.39, 0.29) is 5.54 Å². The monoisotopic (exact) mass is 361 g/mol. The van der Waals surface area contributed by atoms with Gasteiger partial charge in [0, 0.05) is 42.6 Å². The number of anilines is 4. The Morgan fingerprint density at radius 2 is 1.52 bits per heavy atom. The molecule has 2 N–H and O–H groups in total. The number of nitrogens with one attached hydrogen (secondary N) is 2. The molecule has 0 saturated heterocycles. The molecule has 0 radical (unpaired) electrons. The molecule has 3 rings (SSSR count). The highest BCUT2D eigenvalue weighted by atomic mass is 15.2. The fourth-order valence-electron chi connectivity index (χ4n) is 2.68. The smallest absolute Gasteiger partial charge is 0.229 e. The molecule has 0 aliphatic rings. The zero-order chi connectivity index (χ0) is 19.4. The number of hydrogen-bond donors (Lipinski definition) is 2. The van der Waals surface area contributed by atoms with Crippen LogP contribution in [0.4, 0.5) is 23.1 Å². The van der Waals surface area contributed by atoms with Gasteiger partial charge in [-0.3, -0.25) is 0 Å². The SMILES string of the molecule is CN(C)c1ccc(Nc2nc(NC(C)(C)C)cc(-c3ccccc3)n2)cc1. The van der Waals surface area contributed by atoms with Gasteiger partial charge in [0.1, 0.15) is 5.82 Å². The molecule has 0 unspecified atom stereocenters. The molecule has 0 bridgehead atoms. The Morgan fingerprint density at radius 3 is 2.11 bits per heavy atom. The minimum absolute atomic E-state index is 0.0903. The first kappa shape index (κ1) is 18.7. The van der Waals surface area contributed by atoms with E-state index >= 15 is 0 Å². The van der Waals surface area contributed by atoms with Crippen LogP contribution < -0.4 is 15.5 Å². The molecule has 0 atom stereocenters. The summed E-state index contributed by atoms with van der Waals surface area (Å²) < 4.78 is 0. The van der Waals surface area contributed by atoms with E-state index in [9.17, 15) is 0 Å². The molecule has 1 aromatic heterocycles. The number of benzene rings is 2. The summed E-state index contributed by atoms with van der Waals surface area (Å²) in [7, 11) is 4.05. The first-order chi connectivity index (χ1) is 12.8. The van der Waals surface area contributed by atoms with Gasteiger partial charge in [-0.2, -0.15) is 4.98 Å². The molecule has 0 fully saturated rings. The highest BCUT2D eigenvalue weighted by Crippen LogP contribution is 2.25. The first-order valence-electron chi connectivity index (χ1n) is 9.07. The van der Waals surface area contributed by atoms with Crippen molar-refractivity contribution in [3.63, 3.8) is 0 Å². The van der Waals surface area contributed by atoms with Crippen molar-refractivity contribution in [1.29, 1.82) is 0 Å². The van der Waals surface area contributed by atoms with Gasteiger partial charge in [0.15, 0.2) is 0 Å². The Labute approximate surface area is 161 Å². The quantitative estimate of drug-likeness (QED) is 0.657. The lowest BCUT2D eigenvalue weighted by Crippen LogP contribution is -2.26. The lowest BCUT2D eigenvalue weighted by molar-refractivity contribution is 0.630. The van der Waals surface area contributed by atoms with E-state index < -0.39 is 0 Å². The van der Waals surface area contributed by atoms with Gasteiger partial charge < -0.3 is 15.5 Å². The van der Waals surface area contributed by atoms with E-state index in [4.69, 9.17) is 4.98 Å². The van der Waals surface area contributed by atoms with Gasteiger partial charge >= 0.3 is 0 Å². The third-order valence-corrected chi connectivity index (χ3v) is 3.94. The van der Waals surface area contributed by atoms with Crippen LogP contribution in [0, 0.1) is 0 Å². The molecular weight excluding hydrogens is 334 g/mol. The zero-order valence-electron chi connectivity index (χ0n) is 16.6. The average molecular weight is 361 g/mol. The van der Waals surface area contributed by atoms with Crippen molar-refractivity contribution in [2.75, 3.05) is 29.6 Å². The molecule has 0 amide bonds. The highest BCUT2D eigenvalue weighted by molar-refractivity contribution is 5.67. The molecule has 3 aromatic rings. The summed E-state index contributed by atoms with van der Waals surface area (Å²) in [6.45, 7) is 6.35. The van der Waals surface area contributed by atoms with Gasteiger partial charge in [-0.1, -0.05) is 30.3 Å². The maximum Gasteiger partial charge on any atom is 0.229 e. The van der Waals surface area contributed by atoms with E-state index in [1.165, 1.54) is 0 Å². The van der Waals surface area contributed by atoms with Gasteiger partial charge in [-0.05, 0) is 45.0 Å². The molecule has 0 aliphatic heterocycles. The molecule has 1 heterocycles.